The summed E-state index contributed by atoms with van der Waals surface area (Å²) in [4.78, 5) is 0. The molecule has 1 aromatic rings. The van der Waals surface area contributed by atoms with Crippen LogP contribution in [-0.2, 0) is 10.8 Å². The average Bonchev–Trinajstić information content (AvgIpc) is 2.67. The Morgan fingerprint density at radius 1 is 1.53 bits per heavy atom. The van der Waals surface area contributed by atoms with E-state index in [0.29, 0.717) is 6.04 Å². The molecule has 0 spiro atoms. The quantitative estimate of drug-likeness (QED) is 0.812. The molecule has 0 radical (unpaired) electrons. The summed E-state index contributed by atoms with van der Waals surface area (Å²) in [7, 11) is -0.696. The molecule has 0 aromatic carbocycles. The van der Waals surface area contributed by atoms with Crippen LogP contribution in [0, 0.1) is 0 Å². The van der Waals surface area contributed by atoms with Crippen molar-refractivity contribution in [1.29, 1.82) is 0 Å². The Kier molecular flexibility index (Phi) is 5.05. The van der Waals surface area contributed by atoms with Crippen molar-refractivity contribution < 1.29 is 8.63 Å². The molecular weight excluding hydrogens is 210 g/mol. The van der Waals surface area contributed by atoms with Crippen molar-refractivity contribution in [3.63, 3.8) is 0 Å². The molecular formula is C11H19NO2S. The number of furan rings is 1. The van der Waals surface area contributed by atoms with E-state index in [4.69, 9.17) is 4.42 Å². The summed E-state index contributed by atoms with van der Waals surface area (Å²) in [5, 5.41) is 3.44. The van der Waals surface area contributed by atoms with Crippen molar-refractivity contribution in [2.45, 2.75) is 32.4 Å². The molecule has 3 atom stereocenters. The normalized spacial score (nSPS) is 17.3. The van der Waals surface area contributed by atoms with Gasteiger partial charge in [-0.3, -0.25) is 4.21 Å². The first-order valence-electron chi connectivity index (χ1n) is 5.17. The molecule has 0 aliphatic carbocycles. The molecule has 0 aliphatic heterocycles. The number of rotatable bonds is 6. The third-order valence-electron chi connectivity index (χ3n) is 2.42. The van der Waals surface area contributed by atoms with Crippen LogP contribution in [0.15, 0.2) is 23.0 Å². The third kappa shape index (κ3) is 4.62. The van der Waals surface area contributed by atoms with Gasteiger partial charge in [-0.2, -0.15) is 0 Å². The molecule has 3 unspecified atom stereocenters. The van der Waals surface area contributed by atoms with Crippen LogP contribution in [0.3, 0.4) is 0 Å². The highest BCUT2D eigenvalue weighted by molar-refractivity contribution is 7.84. The molecule has 0 bridgehead atoms. The van der Waals surface area contributed by atoms with E-state index in [1.54, 1.807) is 18.8 Å². The lowest BCUT2D eigenvalue weighted by molar-refractivity contribution is 0.465. The van der Waals surface area contributed by atoms with Crippen LogP contribution in [0.25, 0.3) is 0 Å². The maximum Gasteiger partial charge on any atom is 0.0950 e. The maximum atomic E-state index is 10.9. The van der Waals surface area contributed by atoms with Crippen molar-refractivity contribution in [3.05, 3.63) is 24.2 Å². The Labute approximate surface area is 93.7 Å². The first-order valence-corrected chi connectivity index (χ1v) is 6.90. The van der Waals surface area contributed by atoms with E-state index in [1.807, 2.05) is 6.07 Å². The van der Waals surface area contributed by atoms with Crippen molar-refractivity contribution in [1.82, 2.24) is 5.32 Å². The van der Waals surface area contributed by atoms with Crippen molar-refractivity contribution >= 4 is 10.8 Å². The van der Waals surface area contributed by atoms with Crippen LogP contribution < -0.4 is 5.32 Å². The van der Waals surface area contributed by atoms with Gasteiger partial charge in [-0.05, 0) is 26.3 Å². The Balaban J connectivity index is 2.31. The second-order valence-corrected chi connectivity index (χ2v) is 5.47. The second-order valence-electron chi connectivity index (χ2n) is 3.91. The zero-order valence-corrected chi connectivity index (χ0v) is 10.3. The lowest BCUT2D eigenvalue weighted by Gasteiger charge is -2.18. The van der Waals surface area contributed by atoms with Crippen LogP contribution in [0.2, 0.25) is 0 Å². The second kappa shape index (κ2) is 6.08. The summed E-state index contributed by atoms with van der Waals surface area (Å²) >= 11 is 0. The predicted octanol–water partition coefficient (Wildman–Crippen LogP) is 2.09. The lowest BCUT2D eigenvalue weighted by atomic mass is 10.1. The molecule has 0 aliphatic rings. The van der Waals surface area contributed by atoms with Gasteiger partial charge < -0.3 is 9.73 Å². The van der Waals surface area contributed by atoms with Gasteiger partial charge in [-0.15, -0.1) is 0 Å². The topological polar surface area (TPSA) is 42.2 Å². The molecule has 0 fully saturated rings. The van der Waals surface area contributed by atoms with E-state index in [1.165, 1.54) is 0 Å². The summed E-state index contributed by atoms with van der Waals surface area (Å²) in [6.45, 7) is 4.22. The van der Waals surface area contributed by atoms with Crippen molar-refractivity contribution in [2.75, 3.05) is 12.0 Å². The molecule has 0 saturated carbocycles. The van der Waals surface area contributed by atoms with Crippen molar-refractivity contribution in [3.8, 4) is 0 Å². The molecule has 0 saturated heterocycles. The molecule has 1 N–H and O–H groups in total. The largest absolute Gasteiger partial charge is 0.472 e. The Morgan fingerprint density at radius 3 is 2.80 bits per heavy atom. The Morgan fingerprint density at radius 2 is 2.27 bits per heavy atom. The van der Waals surface area contributed by atoms with Crippen LogP contribution in [0.5, 0.6) is 0 Å². The van der Waals surface area contributed by atoms with E-state index in [9.17, 15) is 4.21 Å². The highest BCUT2D eigenvalue weighted by atomic mass is 32.2. The maximum absolute atomic E-state index is 10.9. The zero-order valence-electron chi connectivity index (χ0n) is 9.53. The monoisotopic (exact) mass is 229 g/mol. The van der Waals surface area contributed by atoms with E-state index in [2.05, 4.69) is 19.2 Å². The molecule has 86 valence electrons. The zero-order chi connectivity index (χ0) is 11.3. The molecule has 1 rings (SSSR count). The van der Waals surface area contributed by atoms with Gasteiger partial charge in [-0.1, -0.05) is 0 Å². The standard InChI is InChI=1S/C11H19NO2S/c1-9(5-7-15(3)13)12-10(2)11-4-6-14-8-11/h4,6,8-10,12H,5,7H2,1-3H3. The molecule has 1 aromatic heterocycles. The predicted molar refractivity (Wildman–Crippen MR) is 63.3 cm³/mol. The summed E-state index contributed by atoms with van der Waals surface area (Å²) < 4.78 is 16.0. The minimum Gasteiger partial charge on any atom is -0.472 e. The van der Waals surface area contributed by atoms with E-state index in [0.717, 1.165) is 17.7 Å². The summed E-state index contributed by atoms with van der Waals surface area (Å²) in [5.74, 6) is 0.756. The SMILES string of the molecule is CC(CCS(C)=O)NC(C)c1ccoc1. The molecule has 15 heavy (non-hydrogen) atoms. The lowest BCUT2D eigenvalue weighted by Crippen LogP contribution is -2.29. The fourth-order valence-corrected chi connectivity index (χ4v) is 2.16. The van der Waals surface area contributed by atoms with E-state index >= 15 is 0 Å². The summed E-state index contributed by atoms with van der Waals surface area (Å²) in [5.41, 5.74) is 1.15. The van der Waals surface area contributed by atoms with E-state index < -0.39 is 10.8 Å². The summed E-state index contributed by atoms with van der Waals surface area (Å²) in [6.07, 6.45) is 6.11. The first kappa shape index (κ1) is 12.5. The van der Waals surface area contributed by atoms with Crippen molar-refractivity contribution in [2.24, 2.45) is 0 Å². The smallest absolute Gasteiger partial charge is 0.0950 e. The van der Waals surface area contributed by atoms with Gasteiger partial charge in [0.1, 0.15) is 0 Å². The van der Waals surface area contributed by atoms with Crippen LogP contribution in [0.1, 0.15) is 31.9 Å². The average molecular weight is 229 g/mol. The van der Waals surface area contributed by atoms with Gasteiger partial charge in [0.05, 0.1) is 12.5 Å². The first-order chi connectivity index (χ1) is 7.09. The molecule has 0 amide bonds. The number of hydrogen-bond donors (Lipinski definition) is 1. The molecule has 4 heteroatoms. The molecule has 1 heterocycles. The van der Waals surface area contributed by atoms with E-state index in [-0.39, 0.29) is 6.04 Å². The Bertz CT molecular complexity index is 298. The minimum atomic E-state index is -0.696. The van der Waals surface area contributed by atoms with Gasteiger partial charge >= 0.3 is 0 Å². The Hall–Kier alpha value is -0.610. The van der Waals surface area contributed by atoms with Gasteiger partial charge in [0.2, 0.25) is 0 Å². The van der Waals surface area contributed by atoms with Gasteiger partial charge in [0.15, 0.2) is 0 Å². The summed E-state index contributed by atoms with van der Waals surface area (Å²) in [6, 6.07) is 2.62. The van der Waals surface area contributed by atoms with Gasteiger partial charge in [0.25, 0.3) is 0 Å². The number of hydrogen-bond acceptors (Lipinski definition) is 3. The number of nitrogens with one attached hydrogen (secondary N) is 1. The fraction of sp³-hybridized carbons (Fsp3) is 0.636. The van der Waals surface area contributed by atoms with Gasteiger partial charge in [-0.25, -0.2) is 0 Å². The van der Waals surface area contributed by atoms with Gasteiger partial charge in [0, 0.05) is 40.5 Å². The van der Waals surface area contributed by atoms with Crippen LogP contribution >= 0.6 is 0 Å². The van der Waals surface area contributed by atoms with Crippen LogP contribution in [-0.4, -0.2) is 22.3 Å². The fourth-order valence-electron chi connectivity index (χ4n) is 1.47. The van der Waals surface area contributed by atoms with Crippen LogP contribution in [0.4, 0.5) is 0 Å². The highest BCUT2D eigenvalue weighted by Gasteiger charge is 2.10. The highest BCUT2D eigenvalue weighted by Crippen LogP contribution is 2.13. The minimum absolute atomic E-state index is 0.282. The molecule has 3 nitrogen and oxygen atoms in total. The third-order valence-corrected chi connectivity index (χ3v) is 3.23.